The summed E-state index contributed by atoms with van der Waals surface area (Å²) in [6, 6.07) is 16.4. The highest BCUT2D eigenvalue weighted by atomic mass is 32.2. The van der Waals surface area contributed by atoms with Gasteiger partial charge in [0.2, 0.25) is 0 Å². The van der Waals surface area contributed by atoms with Crippen molar-refractivity contribution >= 4 is 52.0 Å². The third kappa shape index (κ3) is 3.61. The number of rotatable bonds is 3. The van der Waals surface area contributed by atoms with Gasteiger partial charge in [-0.25, -0.2) is 0 Å². The number of nitrogens with one attached hydrogen (secondary N) is 1. The summed E-state index contributed by atoms with van der Waals surface area (Å²) in [6.45, 7) is 2.08. The van der Waals surface area contributed by atoms with E-state index in [1.165, 1.54) is 22.2 Å². The monoisotopic (exact) mass is 343 g/mol. The number of amides is 1. The zero-order chi connectivity index (χ0) is 15.5. The number of carbonyl (C=O) groups excluding carboxylic acids is 1. The van der Waals surface area contributed by atoms with E-state index >= 15 is 0 Å². The summed E-state index contributed by atoms with van der Waals surface area (Å²) in [6.07, 6.45) is 1.90. The second-order valence-electron chi connectivity index (χ2n) is 4.81. The molecular weight excluding hydrogens is 330 g/mol. The summed E-state index contributed by atoms with van der Waals surface area (Å²) in [4.78, 5) is 14.8. The lowest BCUT2D eigenvalue weighted by Gasteiger charge is -2.07. The van der Waals surface area contributed by atoms with Crippen LogP contribution in [-0.4, -0.2) is 10.2 Å². The molecule has 1 aliphatic heterocycles. The van der Waals surface area contributed by atoms with Gasteiger partial charge in [-0.05, 0) is 36.8 Å². The van der Waals surface area contributed by atoms with Crippen molar-refractivity contribution in [1.29, 1.82) is 0 Å². The Morgan fingerprint density at radius 1 is 1.18 bits per heavy atom. The Kier molecular flexibility index (Phi) is 4.66. The number of thioether (sulfide) groups is 1. The van der Waals surface area contributed by atoms with Gasteiger partial charge in [-0.3, -0.25) is 4.79 Å². The Labute approximate surface area is 143 Å². The zero-order valence-corrected chi connectivity index (χ0v) is 14.3. The van der Waals surface area contributed by atoms with Crippen LogP contribution in [-0.2, 0) is 4.79 Å². The van der Waals surface area contributed by atoms with Crippen molar-refractivity contribution in [2.45, 2.75) is 16.7 Å². The first kappa shape index (κ1) is 15.3. The Bertz CT molecular complexity index is 783. The van der Waals surface area contributed by atoms with Crippen LogP contribution in [0.4, 0.5) is 0 Å². The quantitative estimate of drug-likeness (QED) is 0.649. The molecule has 0 unspecified atom stereocenters. The minimum absolute atomic E-state index is 0.120. The van der Waals surface area contributed by atoms with Gasteiger partial charge in [0.15, 0.2) is 0 Å². The molecule has 2 nitrogen and oxygen atoms in total. The predicted octanol–water partition coefficient (Wildman–Crippen LogP) is 4.64. The molecule has 22 heavy (non-hydrogen) atoms. The first-order valence-corrected chi connectivity index (χ1v) is 8.74. The van der Waals surface area contributed by atoms with E-state index in [2.05, 4.69) is 42.6 Å². The van der Waals surface area contributed by atoms with E-state index in [-0.39, 0.29) is 5.91 Å². The van der Waals surface area contributed by atoms with Gasteiger partial charge in [0, 0.05) is 9.79 Å². The molecule has 0 aromatic heterocycles. The van der Waals surface area contributed by atoms with Crippen molar-refractivity contribution in [2.75, 3.05) is 0 Å². The average molecular weight is 343 g/mol. The average Bonchev–Trinajstić information content (AvgIpc) is 2.79. The van der Waals surface area contributed by atoms with Crippen molar-refractivity contribution in [3.63, 3.8) is 0 Å². The standard InChI is InChI=1S/C17H13NOS3/c1-11-5-4-7-13(9-11)21-14-8-3-2-6-12(14)10-15-16(19)18-17(20)22-15/h2-10H,1H3,(H,18,19,20). The van der Waals surface area contributed by atoms with Crippen LogP contribution >= 0.6 is 35.7 Å². The van der Waals surface area contributed by atoms with Crippen molar-refractivity contribution in [3.05, 3.63) is 64.6 Å². The molecule has 0 spiro atoms. The van der Waals surface area contributed by atoms with Gasteiger partial charge < -0.3 is 5.32 Å². The molecule has 0 bridgehead atoms. The first-order valence-electron chi connectivity index (χ1n) is 6.70. The maximum absolute atomic E-state index is 11.8. The molecule has 0 saturated carbocycles. The van der Waals surface area contributed by atoms with E-state index in [1.54, 1.807) is 11.8 Å². The molecule has 1 fully saturated rings. The number of thiocarbonyl (C=S) groups is 1. The lowest BCUT2D eigenvalue weighted by atomic mass is 10.2. The normalized spacial score (nSPS) is 16.1. The molecule has 0 atom stereocenters. The van der Waals surface area contributed by atoms with Gasteiger partial charge in [0.1, 0.15) is 4.32 Å². The SMILES string of the molecule is Cc1cccc(Sc2ccccc2C=C2SC(=S)NC2=O)c1. The number of benzene rings is 2. The van der Waals surface area contributed by atoms with Crippen LogP contribution in [0.3, 0.4) is 0 Å². The van der Waals surface area contributed by atoms with Crippen molar-refractivity contribution in [2.24, 2.45) is 0 Å². The van der Waals surface area contributed by atoms with Crippen LogP contribution in [0, 0.1) is 6.92 Å². The highest BCUT2D eigenvalue weighted by Gasteiger charge is 2.22. The van der Waals surface area contributed by atoms with Crippen molar-refractivity contribution in [1.82, 2.24) is 5.32 Å². The molecular formula is C17H13NOS3. The first-order chi connectivity index (χ1) is 10.6. The Morgan fingerprint density at radius 3 is 2.73 bits per heavy atom. The summed E-state index contributed by atoms with van der Waals surface area (Å²) >= 11 is 8.03. The summed E-state index contributed by atoms with van der Waals surface area (Å²) in [7, 11) is 0. The number of carbonyl (C=O) groups is 1. The van der Waals surface area contributed by atoms with Crippen LogP contribution < -0.4 is 5.32 Å². The molecule has 2 aromatic carbocycles. The molecule has 1 amide bonds. The molecule has 3 rings (SSSR count). The van der Waals surface area contributed by atoms with E-state index in [4.69, 9.17) is 12.2 Å². The molecule has 2 aromatic rings. The molecule has 5 heteroatoms. The van der Waals surface area contributed by atoms with Gasteiger partial charge in [0.05, 0.1) is 4.91 Å². The van der Waals surface area contributed by atoms with Gasteiger partial charge in [-0.15, -0.1) is 0 Å². The van der Waals surface area contributed by atoms with Crippen LogP contribution in [0.25, 0.3) is 6.08 Å². The van der Waals surface area contributed by atoms with Crippen molar-refractivity contribution < 1.29 is 4.79 Å². The third-order valence-electron chi connectivity index (χ3n) is 3.06. The fraction of sp³-hybridized carbons (Fsp3) is 0.0588. The lowest BCUT2D eigenvalue weighted by Crippen LogP contribution is -2.17. The Morgan fingerprint density at radius 2 is 2.00 bits per heavy atom. The molecule has 1 saturated heterocycles. The maximum atomic E-state index is 11.8. The number of hydrogen-bond acceptors (Lipinski definition) is 4. The highest BCUT2D eigenvalue weighted by molar-refractivity contribution is 8.26. The summed E-state index contributed by atoms with van der Waals surface area (Å²) in [5, 5.41) is 2.64. The minimum atomic E-state index is -0.120. The minimum Gasteiger partial charge on any atom is -0.307 e. The summed E-state index contributed by atoms with van der Waals surface area (Å²) < 4.78 is 0.514. The van der Waals surface area contributed by atoms with Gasteiger partial charge >= 0.3 is 0 Å². The highest BCUT2D eigenvalue weighted by Crippen LogP contribution is 2.34. The van der Waals surface area contributed by atoms with Crippen LogP contribution in [0.5, 0.6) is 0 Å². The zero-order valence-electron chi connectivity index (χ0n) is 11.8. The largest absolute Gasteiger partial charge is 0.307 e. The van der Waals surface area contributed by atoms with Crippen LogP contribution in [0.2, 0.25) is 0 Å². The van der Waals surface area contributed by atoms with Gasteiger partial charge in [-0.2, -0.15) is 0 Å². The van der Waals surface area contributed by atoms with E-state index in [1.807, 2.05) is 24.3 Å². The molecule has 0 aliphatic carbocycles. The smallest absolute Gasteiger partial charge is 0.263 e. The van der Waals surface area contributed by atoms with Gasteiger partial charge in [-0.1, -0.05) is 71.6 Å². The Hall–Kier alpha value is -1.56. The van der Waals surface area contributed by atoms with Crippen LogP contribution in [0.1, 0.15) is 11.1 Å². The fourth-order valence-corrected chi connectivity index (χ4v) is 4.13. The number of aryl methyl sites for hydroxylation is 1. The van der Waals surface area contributed by atoms with E-state index in [0.29, 0.717) is 9.23 Å². The third-order valence-corrected chi connectivity index (χ3v) is 5.31. The lowest BCUT2D eigenvalue weighted by molar-refractivity contribution is -0.115. The number of hydrogen-bond donors (Lipinski definition) is 1. The van der Waals surface area contributed by atoms with E-state index < -0.39 is 0 Å². The summed E-state index contributed by atoms with van der Waals surface area (Å²) in [5.74, 6) is -0.120. The molecule has 1 aliphatic rings. The van der Waals surface area contributed by atoms with E-state index in [9.17, 15) is 4.79 Å². The van der Waals surface area contributed by atoms with E-state index in [0.717, 1.165) is 10.5 Å². The topological polar surface area (TPSA) is 29.1 Å². The molecule has 110 valence electrons. The van der Waals surface area contributed by atoms with Crippen molar-refractivity contribution in [3.8, 4) is 0 Å². The molecule has 0 radical (unpaired) electrons. The van der Waals surface area contributed by atoms with Crippen LogP contribution in [0.15, 0.2) is 63.2 Å². The van der Waals surface area contributed by atoms with Gasteiger partial charge in [0.25, 0.3) is 5.91 Å². The molecule has 1 heterocycles. The fourth-order valence-electron chi connectivity index (χ4n) is 2.06. The predicted molar refractivity (Wildman–Crippen MR) is 98.1 cm³/mol. The second-order valence-corrected chi connectivity index (χ2v) is 7.64. The maximum Gasteiger partial charge on any atom is 0.263 e. The molecule has 1 N–H and O–H groups in total. The summed E-state index contributed by atoms with van der Waals surface area (Å²) in [5.41, 5.74) is 2.26. The Balaban J connectivity index is 1.92. The second kappa shape index (κ2) is 6.69.